The van der Waals surface area contributed by atoms with E-state index in [-0.39, 0.29) is 23.2 Å². The Kier molecular flexibility index (Phi) is 6.04. The summed E-state index contributed by atoms with van der Waals surface area (Å²) in [5, 5.41) is 7.52. The van der Waals surface area contributed by atoms with Gasteiger partial charge in [0, 0.05) is 11.3 Å². The first-order valence-electron chi connectivity index (χ1n) is 8.81. The fourth-order valence-corrected chi connectivity index (χ4v) is 2.96. The van der Waals surface area contributed by atoms with Gasteiger partial charge in [0.05, 0.1) is 0 Å². The van der Waals surface area contributed by atoms with Crippen LogP contribution in [0.25, 0.3) is 6.08 Å². The lowest BCUT2D eigenvalue weighted by Crippen LogP contribution is -2.51. The molecule has 2 aromatic carbocycles. The van der Waals surface area contributed by atoms with E-state index < -0.39 is 11.8 Å². The maximum Gasteiger partial charge on any atom is 0.263 e. The van der Waals surface area contributed by atoms with Gasteiger partial charge in [0.2, 0.25) is 0 Å². The van der Waals surface area contributed by atoms with Gasteiger partial charge in [0.15, 0.2) is 11.7 Å². The van der Waals surface area contributed by atoms with E-state index in [2.05, 4.69) is 16.0 Å². The Hall–Kier alpha value is -3.52. The van der Waals surface area contributed by atoms with E-state index in [0.29, 0.717) is 17.0 Å². The first-order valence-corrected chi connectivity index (χ1v) is 9.21. The molecule has 3 N–H and O–H groups in total. The molecule has 1 saturated heterocycles. The highest BCUT2D eigenvalue weighted by Gasteiger charge is 2.26. The van der Waals surface area contributed by atoms with E-state index in [1.165, 1.54) is 6.08 Å². The molecule has 0 spiro atoms. The second-order valence-corrected chi connectivity index (χ2v) is 6.90. The van der Waals surface area contributed by atoms with E-state index in [1.807, 2.05) is 32.0 Å². The number of amides is 3. The molecule has 0 bridgehead atoms. The lowest BCUT2D eigenvalue weighted by molar-refractivity contribution is -0.123. The molecule has 1 aliphatic heterocycles. The van der Waals surface area contributed by atoms with Gasteiger partial charge in [0.25, 0.3) is 17.7 Å². The Balaban J connectivity index is 1.72. The maximum atomic E-state index is 12.3. The number of hydrogen-bond acceptors (Lipinski definition) is 5. The third-order valence-electron chi connectivity index (χ3n) is 4.18. The molecule has 0 radical (unpaired) electrons. The summed E-state index contributed by atoms with van der Waals surface area (Å²) < 4.78 is 5.62. The first-order chi connectivity index (χ1) is 13.8. The summed E-state index contributed by atoms with van der Waals surface area (Å²) in [4.78, 5) is 36.3. The zero-order valence-electron chi connectivity index (χ0n) is 15.9. The van der Waals surface area contributed by atoms with Crippen molar-refractivity contribution < 1.29 is 19.1 Å². The Bertz CT molecular complexity index is 1020. The summed E-state index contributed by atoms with van der Waals surface area (Å²) in [5.74, 6) is -1.15. The zero-order valence-corrected chi connectivity index (χ0v) is 16.7. The Morgan fingerprint density at radius 1 is 1.10 bits per heavy atom. The van der Waals surface area contributed by atoms with Crippen LogP contribution in [0, 0.1) is 13.8 Å². The molecule has 0 atom stereocenters. The average Bonchev–Trinajstić information content (AvgIpc) is 2.66. The maximum absolute atomic E-state index is 12.3. The highest BCUT2D eigenvalue weighted by molar-refractivity contribution is 7.80. The first kappa shape index (κ1) is 20.2. The van der Waals surface area contributed by atoms with Crippen LogP contribution in [0.5, 0.6) is 5.75 Å². The molecule has 0 aliphatic carbocycles. The highest BCUT2D eigenvalue weighted by atomic mass is 32.1. The number of anilines is 1. The van der Waals surface area contributed by atoms with Crippen LogP contribution in [0.1, 0.15) is 16.7 Å². The van der Waals surface area contributed by atoms with E-state index in [4.69, 9.17) is 17.0 Å². The van der Waals surface area contributed by atoms with Crippen molar-refractivity contribution in [1.29, 1.82) is 0 Å². The molecular weight excluding hydrogens is 390 g/mol. The Labute approximate surface area is 173 Å². The molecule has 3 rings (SSSR count). The molecule has 148 valence electrons. The van der Waals surface area contributed by atoms with E-state index in [9.17, 15) is 14.4 Å². The summed E-state index contributed by atoms with van der Waals surface area (Å²) in [6.07, 6.45) is 1.39. The zero-order chi connectivity index (χ0) is 21.0. The van der Waals surface area contributed by atoms with Crippen molar-refractivity contribution in [2.24, 2.45) is 0 Å². The standard InChI is InChI=1S/C21H19N3O4S/c1-12-7-8-16(13(2)9-12)22-18(25)11-28-17-6-4-3-5-14(17)10-15-19(26)23-21(29)24-20(15)27/h3-10H,11H2,1-2H3,(H,22,25)(H2,23,24,26,27,29). The third kappa shape index (κ3) is 5.05. The highest BCUT2D eigenvalue weighted by Crippen LogP contribution is 2.22. The van der Waals surface area contributed by atoms with Gasteiger partial charge in [-0.3, -0.25) is 25.0 Å². The number of nitrogens with one attached hydrogen (secondary N) is 3. The summed E-state index contributed by atoms with van der Waals surface area (Å²) >= 11 is 4.78. The molecule has 0 aromatic heterocycles. The number of ether oxygens (including phenoxy) is 1. The quantitative estimate of drug-likeness (QED) is 0.400. The second-order valence-electron chi connectivity index (χ2n) is 6.49. The summed E-state index contributed by atoms with van der Waals surface area (Å²) in [5.41, 5.74) is 3.16. The third-order valence-corrected chi connectivity index (χ3v) is 4.38. The summed E-state index contributed by atoms with van der Waals surface area (Å²) in [7, 11) is 0. The molecule has 3 amide bonds. The minimum atomic E-state index is -0.596. The van der Waals surface area contributed by atoms with Gasteiger partial charge in [0.1, 0.15) is 11.3 Å². The average molecular weight is 409 g/mol. The van der Waals surface area contributed by atoms with Gasteiger partial charge >= 0.3 is 0 Å². The predicted octanol–water partition coefficient (Wildman–Crippen LogP) is 2.24. The number of rotatable bonds is 5. The van der Waals surface area contributed by atoms with Crippen LogP contribution >= 0.6 is 12.2 Å². The topological polar surface area (TPSA) is 96.5 Å². The van der Waals surface area contributed by atoms with Crippen molar-refractivity contribution in [3.05, 3.63) is 64.7 Å². The fraction of sp³-hybridized carbons (Fsp3) is 0.143. The fourth-order valence-electron chi connectivity index (χ4n) is 2.78. The number of thiocarbonyl (C=S) groups is 1. The number of hydrogen-bond donors (Lipinski definition) is 3. The predicted molar refractivity (Wildman–Crippen MR) is 113 cm³/mol. The minimum Gasteiger partial charge on any atom is -0.483 e. The molecule has 1 fully saturated rings. The van der Waals surface area contributed by atoms with E-state index in [0.717, 1.165) is 11.1 Å². The second kappa shape index (κ2) is 8.66. The molecule has 8 heteroatoms. The van der Waals surface area contributed by atoms with Gasteiger partial charge in [-0.15, -0.1) is 0 Å². The van der Waals surface area contributed by atoms with Crippen LogP contribution in [0.4, 0.5) is 5.69 Å². The van der Waals surface area contributed by atoms with Gasteiger partial charge in [-0.05, 0) is 49.8 Å². The number of para-hydroxylation sites is 1. The van der Waals surface area contributed by atoms with Crippen LogP contribution in [-0.2, 0) is 14.4 Å². The normalized spacial score (nSPS) is 13.4. The molecule has 7 nitrogen and oxygen atoms in total. The molecular formula is C21H19N3O4S. The van der Waals surface area contributed by atoms with Gasteiger partial charge in [-0.1, -0.05) is 35.9 Å². The number of carbonyl (C=O) groups is 3. The van der Waals surface area contributed by atoms with E-state index >= 15 is 0 Å². The van der Waals surface area contributed by atoms with Gasteiger partial charge in [-0.25, -0.2) is 0 Å². The van der Waals surface area contributed by atoms with Crippen molar-refractivity contribution in [2.45, 2.75) is 13.8 Å². The van der Waals surface area contributed by atoms with E-state index in [1.54, 1.807) is 24.3 Å². The summed E-state index contributed by atoms with van der Waals surface area (Å²) in [6, 6.07) is 12.5. The van der Waals surface area contributed by atoms with Crippen molar-refractivity contribution in [2.75, 3.05) is 11.9 Å². The number of benzene rings is 2. The van der Waals surface area contributed by atoms with Gasteiger partial charge in [-0.2, -0.15) is 0 Å². The monoisotopic (exact) mass is 409 g/mol. The number of carbonyl (C=O) groups excluding carboxylic acids is 3. The van der Waals surface area contributed by atoms with Crippen molar-refractivity contribution in [3.8, 4) is 5.75 Å². The lowest BCUT2D eigenvalue weighted by atomic mass is 10.1. The molecule has 2 aromatic rings. The number of aryl methyl sites for hydroxylation is 2. The van der Waals surface area contributed by atoms with Crippen LogP contribution in [-0.4, -0.2) is 29.4 Å². The lowest BCUT2D eigenvalue weighted by Gasteiger charge is -2.17. The SMILES string of the molecule is Cc1ccc(NC(=O)COc2ccccc2C=C2C(=O)NC(=S)NC2=O)c(C)c1. The molecule has 1 aliphatic rings. The molecule has 0 unspecified atom stereocenters. The summed E-state index contributed by atoms with van der Waals surface area (Å²) in [6.45, 7) is 3.67. The van der Waals surface area contributed by atoms with Crippen LogP contribution in [0.15, 0.2) is 48.0 Å². The van der Waals surface area contributed by atoms with Crippen LogP contribution in [0.3, 0.4) is 0 Å². The van der Waals surface area contributed by atoms with Crippen molar-refractivity contribution in [3.63, 3.8) is 0 Å². The Morgan fingerprint density at radius 3 is 2.48 bits per heavy atom. The molecule has 29 heavy (non-hydrogen) atoms. The van der Waals surface area contributed by atoms with Crippen LogP contribution in [0.2, 0.25) is 0 Å². The minimum absolute atomic E-state index is 0.0373. The van der Waals surface area contributed by atoms with Gasteiger partial charge < -0.3 is 10.1 Å². The van der Waals surface area contributed by atoms with Crippen LogP contribution < -0.4 is 20.7 Å². The smallest absolute Gasteiger partial charge is 0.263 e. The molecule has 1 heterocycles. The largest absolute Gasteiger partial charge is 0.483 e. The Morgan fingerprint density at radius 2 is 1.79 bits per heavy atom. The molecule has 0 saturated carbocycles. The van der Waals surface area contributed by atoms with Crippen molar-refractivity contribution >= 4 is 46.8 Å². The van der Waals surface area contributed by atoms with Crippen molar-refractivity contribution in [1.82, 2.24) is 10.6 Å².